The van der Waals surface area contributed by atoms with Crippen LogP contribution in [0.25, 0.3) is 11.1 Å². The molecule has 0 bridgehead atoms. The van der Waals surface area contributed by atoms with Gasteiger partial charge in [0, 0.05) is 12.3 Å². The van der Waals surface area contributed by atoms with Crippen LogP contribution in [0.5, 0.6) is 0 Å². The number of rotatable bonds is 10. The second kappa shape index (κ2) is 12.7. The molecule has 0 radical (unpaired) electrons. The third kappa shape index (κ3) is 5.52. The number of amides is 1. The van der Waals surface area contributed by atoms with Crippen molar-refractivity contribution in [2.24, 2.45) is 0 Å². The third-order valence-corrected chi connectivity index (χ3v) is 8.65. The second-order valence-corrected chi connectivity index (χ2v) is 11.4. The molecule has 0 spiro atoms. The summed E-state index contributed by atoms with van der Waals surface area (Å²) in [5.41, 5.74) is 6.02. The summed E-state index contributed by atoms with van der Waals surface area (Å²) in [7, 11) is 0. The molecule has 6 aromatic rings. The molecule has 1 heterocycles. The van der Waals surface area contributed by atoms with Gasteiger partial charge in [-0.1, -0.05) is 140 Å². The minimum Gasteiger partial charge on any atom is -0.480 e. The van der Waals surface area contributed by atoms with Crippen molar-refractivity contribution < 1.29 is 19.4 Å². The summed E-state index contributed by atoms with van der Waals surface area (Å²) < 4.78 is 5.62. The Morgan fingerprint density at radius 2 is 1.19 bits per heavy atom. The molecule has 232 valence electrons. The Morgan fingerprint density at radius 1 is 0.723 bits per heavy atom. The molecule has 1 unspecified atom stereocenters. The molecule has 2 N–H and O–H groups in total. The van der Waals surface area contributed by atoms with Gasteiger partial charge in [-0.05, 0) is 44.2 Å². The van der Waals surface area contributed by atoms with E-state index in [0.717, 1.165) is 38.9 Å². The van der Waals surface area contributed by atoms with Crippen molar-refractivity contribution in [3.63, 3.8) is 0 Å². The van der Waals surface area contributed by atoms with Crippen LogP contribution in [0.1, 0.15) is 39.6 Å². The first-order valence-corrected chi connectivity index (χ1v) is 15.4. The van der Waals surface area contributed by atoms with Gasteiger partial charge in [-0.15, -0.1) is 15.0 Å². The van der Waals surface area contributed by atoms with Crippen LogP contribution in [0.15, 0.2) is 140 Å². The molecule has 0 aliphatic heterocycles. The van der Waals surface area contributed by atoms with Gasteiger partial charge in [0.15, 0.2) is 11.4 Å². The van der Waals surface area contributed by atoms with Gasteiger partial charge >= 0.3 is 12.1 Å². The zero-order valence-electron chi connectivity index (χ0n) is 25.3. The van der Waals surface area contributed by atoms with Crippen molar-refractivity contribution >= 4 is 12.1 Å². The van der Waals surface area contributed by atoms with E-state index < -0.39 is 23.6 Å². The monoisotopic (exact) mass is 621 g/mol. The summed E-state index contributed by atoms with van der Waals surface area (Å²) in [5.74, 6) is -1.24. The van der Waals surface area contributed by atoms with Crippen molar-refractivity contribution in [1.29, 1.82) is 0 Å². The average molecular weight is 622 g/mol. The average Bonchev–Trinajstić information content (AvgIpc) is 3.71. The summed E-state index contributed by atoms with van der Waals surface area (Å²) >= 11 is 0. The lowest BCUT2D eigenvalue weighted by molar-refractivity contribution is -0.139. The maximum Gasteiger partial charge on any atom is 0.407 e. The fourth-order valence-electron chi connectivity index (χ4n) is 6.52. The lowest BCUT2D eigenvalue weighted by Gasteiger charge is -2.34. The first-order chi connectivity index (χ1) is 23.1. The number of carbonyl (C=O) groups excluding carboxylic acids is 1. The number of alkyl carbamates (subject to hydrolysis) is 1. The number of fused-ring (bicyclic) bond motifs is 3. The summed E-state index contributed by atoms with van der Waals surface area (Å²) in [6.07, 6.45) is -1.03. The Morgan fingerprint density at radius 3 is 1.68 bits per heavy atom. The highest BCUT2D eigenvalue weighted by Crippen LogP contribution is 2.44. The molecule has 0 fully saturated rings. The highest BCUT2D eigenvalue weighted by Gasteiger charge is 2.41. The Bertz CT molecular complexity index is 1870. The predicted molar refractivity (Wildman–Crippen MR) is 176 cm³/mol. The summed E-state index contributed by atoms with van der Waals surface area (Å²) in [6, 6.07) is 44.2. The van der Waals surface area contributed by atoms with E-state index >= 15 is 0 Å². The number of hydrogen-bond donors (Lipinski definition) is 2. The Hall–Kier alpha value is -6.09. The number of carbonyl (C=O) groups is 2. The highest BCUT2D eigenvalue weighted by molar-refractivity contribution is 5.81. The van der Waals surface area contributed by atoms with Crippen molar-refractivity contribution in [2.45, 2.75) is 23.9 Å². The van der Waals surface area contributed by atoms with E-state index in [4.69, 9.17) is 9.84 Å². The van der Waals surface area contributed by atoms with Crippen molar-refractivity contribution in [1.82, 2.24) is 25.5 Å². The number of tetrazole rings is 1. The Labute approximate surface area is 271 Å². The molecule has 1 amide bonds. The molecular weight excluding hydrogens is 590 g/mol. The maximum absolute atomic E-state index is 13.0. The molecule has 1 aliphatic carbocycles. The van der Waals surface area contributed by atoms with Gasteiger partial charge in [0.1, 0.15) is 12.6 Å². The van der Waals surface area contributed by atoms with E-state index in [0.29, 0.717) is 0 Å². The summed E-state index contributed by atoms with van der Waals surface area (Å²) in [4.78, 5) is 26.9. The van der Waals surface area contributed by atoms with Gasteiger partial charge in [-0.2, -0.15) is 0 Å². The van der Waals surface area contributed by atoms with E-state index in [1.54, 1.807) is 0 Å². The quantitative estimate of drug-likeness (QED) is 0.179. The fraction of sp³-hybridized carbons (Fsp3) is 0.132. The van der Waals surface area contributed by atoms with Gasteiger partial charge in [-0.3, -0.25) is 0 Å². The molecule has 0 saturated heterocycles. The fourth-order valence-corrected chi connectivity index (χ4v) is 6.52. The maximum atomic E-state index is 13.0. The number of carboxylic acids is 1. The van der Waals surface area contributed by atoms with E-state index in [-0.39, 0.29) is 24.8 Å². The summed E-state index contributed by atoms with van der Waals surface area (Å²) in [6.45, 7) is 0.0639. The first kappa shape index (κ1) is 29.6. The van der Waals surface area contributed by atoms with Crippen molar-refractivity contribution in [2.75, 3.05) is 6.61 Å². The predicted octanol–water partition coefficient (Wildman–Crippen LogP) is 6.05. The number of aromatic nitrogens is 4. The van der Waals surface area contributed by atoms with Crippen LogP contribution in [0.2, 0.25) is 0 Å². The van der Waals surface area contributed by atoms with E-state index in [2.05, 4.69) is 27.8 Å². The Balaban J connectivity index is 1.14. The molecule has 1 aromatic heterocycles. The minimum absolute atomic E-state index is 0.0639. The second-order valence-electron chi connectivity index (χ2n) is 11.4. The van der Waals surface area contributed by atoms with Gasteiger partial charge < -0.3 is 15.2 Å². The van der Waals surface area contributed by atoms with Crippen molar-refractivity contribution in [3.8, 4) is 11.1 Å². The molecule has 5 aromatic carbocycles. The Kier molecular flexibility index (Phi) is 8.02. The van der Waals surface area contributed by atoms with Crippen LogP contribution in [-0.2, 0) is 21.5 Å². The van der Waals surface area contributed by atoms with E-state index in [9.17, 15) is 14.7 Å². The number of benzene rings is 5. The number of carboxylic acid groups (broad SMARTS) is 1. The van der Waals surface area contributed by atoms with Gasteiger partial charge in [0.05, 0.1) is 0 Å². The number of hydrogen-bond acceptors (Lipinski definition) is 6. The number of nitrogens with one attached hydrogen (secondary N) is 1. The van der Waals surface area contributed by atoms with Crippen LogP contribution < -0.4 is 5.32 Å². The topological polar surface area (TPSA) is 119 Å². The lowest BCUT2D eigenvalue weighted by Crippen LogP contribution is -2.43. The summed E-state index contributed by atoms with van der Waals surface area (Å²) in [5, 5.41) is 26.1. The molecule has 0 saturated carbocycles. The minimum atomic E-state index is -1.34. The van der Waals surface area contributed by atoms with Crippen LogP contribution in [-0.4, -0.2) is 50.0 Å². The van der Waals surface area contributed by atoms with E-state index in [1.165, 1.54) is 4.80 Å². The molecule has 9 heteroatoms. The van der Waals surface area contributed by atoms with Crippen LogP contribution in [0.3, 0.4) is 0 Å². The SMILES string of the molecule is O=C(NC(Cc1nnn(C(c2ccccc2)(c2ccccc2)c2ccccc2)n1)C(=O)O)OCC1c2ccccc2-c2ccccc21. The smallest absolute Gasteiger partial charge is 0.407 e. The standard InChI is InChI=1S/C38H31N5O4/c44-36(45)34(39-37(46)47-25-33-31-22-12-10-20-29(31)30-21-11-13-23-32(30)33)24-35-40-42-43(41-35)38(26-14-4-1-5-15-26,27-16-6-2-7-17-27)28-18-8-3-9-19-28/h1-23,33-34H,24-25H2,(H,39,46)(H,44,45). The number of aliphatic carboxylic acids is 1. The molecular formula is C38H31N5O4. The molecule has 7 rings (SSSR count). The number of nitrogens with zero attached hydrogens (tertiary/aromatic N) is 4. The molecule has 1 aliphatic rings. The van der Waals surface area contributed by atoms with Crippen LogP contribution in [0, 0.1) is 0 Å². The lowest BCUT2D eigenvalue weighted by atomic mass is 9.77. The van der Waals surface area contributed by atoms with Crippen LogP contribution in [0.4, 0.5) is 4.79 Å². The third-order valence-electron chi connectivity index (χ3n) is 8.65. The zero-order chi connectivity index (χ0) is 32.2. The number of ether oxygens (including phenoxy) is 1. The van der Waals surface area contributed by atoms with Gasteiger partial charge in [-0.25, -0.2) is 9.59 Å². The van der Waals surface area contributed by atoms with Gasteiger partial charge in [0.2, 0.25) is 0 Å². The van der Waals surface area contributed by atoms with Gasteiger partial charge in [0.25, 0.3) is 0 Å². The molecule has 47 heavy (non-hydrogen) atoms. The first-order valence-electron chi connectivity index (χ1n) is 15.4. The normalized spacial score (nSPS) is 12.9. The molecule has 1 atom stereocenters. The molecule has 9 nitrogen and oxygen atoms in total. The van der Waals surface area contributed by atoms with E-state index in [1.807, 2.05) is 127 Å². The largest absolute Gasteiger partial charge is 0.480 e. The highest BCUT2D eigenvalue weighted by atomic mass is 16.5. The zero-order valence-corrected chi connectivity index (χ0v) is 25.3. The van der Waals surface area contributed by atoms with Crippen LogP contribution >= 0.6 is 0 Å². The van der Waals surface area contributed by atoms with Crippen molar-refractivity contribution in [3.05, 3.63) is 173 Å².